The van der Waals surface area contributed by atoms with Crippen molar-refractivity contribution in [2.45, 2.75) is 50.1 Å². The molecule has 0 heterocycles. The van der Waals surface area contributed by atoms with Crippen LogP contribution in [0.3, 0.4) is 0 Å². The van der Waals surface area contributed by atoms with Crippen molar-refractivity contribution in [2.75, 3.05) is 0 Å². The summed E-state index contributed by atoms with van der Waals surface area (Å²) < 4.78 is 1.59. The third kappa shape index (κ3) is 5.65. The molecule has 0 nitrogen and oxygen atoms in total. The van der Waals surface area contributed by atoms with Gasteiger partial charge in [0.25, 0.3) is 0 Å². The molecule has 0 saturated heterocycles. The molecule has 0 aliphatic heterocycles. The molecule has 0 bridgehead atoms. The molecule has 0 N–H and O–H groups in total. The molecule has 1 atom stereocenters. The molecule has 2 aliphatic rings. The van der Waals surface area contributed by atoms with Crippen LogP contribution in [0.5, 0.6) is 0 Å². The van der Waals surface area contributed by atoms with Crippen LogP contribution in [0.25, 0.3) is 0 Å². The standard InChI is InChI=1S/C23H32Se/c1-6-21-12-9-10-14-22(21)13-8-7-11-20-15-16-23(24(3,4)5)18-19(2)17-20/h6,8,12-19H,1,7,9-11H2,2-5H3/b13-8-. The van der Waals surface area contributed by atoms with Crippen molar-refractivity contribution < 1.29 is 0 Å². The molecule has 24 heavy (non-hydrogen) atoms. The Morgan fingerprint density at radius 1 is 1.08 bits per heavy atom. The molecule has 0 amide bonds. The van der Waals surface area contributed by atoms with E-state index in [1.165, 1.54) is 16.7 Å². The zero-order valence-electron chi connectivity index (χ0n) is 15.7. The van der Waals surface area contributed by atoms with Gasteiger partial charge in [-0.2, -0.15) is 0 Å². The second kappa shape index (κ2) is 8.70. The summed E-state index contributed by atoms with van der Waals surface area (Å²) in [6.07, 6.45) is 25.3. The summed E-state index contributed by atoms with van der Waals surface area (Å²) in [5.74, 6) is 7.86. The summed E-state index contributed by atoms with van der Waals surface area (Å²) in [7, 11) is 0. The van der Waals surface area contributed by atoms with Gasteiger partial charge in [-0.05, 0) is 0 Å². The van der Waals surface area contributed by atoms with Gasteiger partial charge in [-0.15, -0.1) is 0 Å². The molecule has 1 unspecified atom stereocenters. The van der Waals surface area contributed by atoms with Gasteiger partial charge in [-0.1, -0.05) is 0 Å². The van der Waals surface area contributed by atoms with E-state index in [9.17, 15) is 0 Å². The number of allylic oxidation sites excluding steroid dienone is 13. The van der Waals surface area contributed by atoms with Crippen LogP contribution < -0.4 is 0 Å². The molecule has 1 heteroatoms. The first kappa shape index (κ1) is 19.0. The van der Waals surface area contributed by atoms with E-state index in [0.29, 0.717) is 5.92 Å². The molecule has 0 fully saturated rings. The molecule has 0 aromatic carbocycles. The minimum atomic E-state index is -1.41. The van der Waals surface area contributed by atoms with Crippen LogP contribution in [0.4, 0.5) is 0 Å². The normalized spacial score (nSPS) is 22.4. The maximum atomic E-state index is 3.92. The van der Waals surface area contributed by atoms with Crippen molar-refractivity contribution in [1.82, 2.24) is 0 Å². The van der Waals surface area contributed by atoms with Crippen LogP contribution in [0, 0.1) is 5.92 Å². The number of hydrogen-bond acceptors (Lipinski definition) is 0. The van der Waals surface area contributed by atoms with E-state index >= 15 is 0 Å². The number of hydrogen-bond donors (Lipinski definition) is 0. The van der Waals surface area contributed by atoms with Gasteiger partial charge >= 0.3 is 151 Å². The first-order chi connectivity index (χ1) is 11.4. The van der Waals surface area contributed by atoms with E-state index in [1.54, 1.807) is 4.47 Å². The van der Waals surface area contributed by atoms with E-state index < -0.39 is 12.8 Å². The Hall–Kier alpha value is -1.30. The average molecular weight is 387 g/mol. The summed E-state index contributed by atoms with van der Waals surface area (Å²) in [6.45, 7) is 6.22. The van der Waals surface area contributed by atoms with Crippen molar-refractivity contribution in [3.05, 3.63) is 82.5 Å². The maximum absolute atomic E-state index is 3.92. The van der Waals surface area contributed by atoms with E-state index in [1.807, 2.05) is 6.08 Å². The van der Waals surface area contributed by atoms with E-state index in [0.717, 1.165) is 25.7 Å². The zero-order chi connectivity index (χ0) is 17.6. The van der Waals surface area contributed by atoms with Gasteiger partial charge in [-0.3, -0.25) is 0 Å². The van der Waals surface area contributed by atoms with Crippen LogP contribution in [-0.4, -0.2) is 12.8 Å². The summed E-state index contributed by atoms with van der Waals surface area (Å²) in [6, 6.07) is 0. The Labute approximate surface area is 151 Å². The fraction of sp³-hybridized carbons (Fsp3) is 0.391. The molecule has 130 valence electrons. The third-order valence-electron chi connectivity index (χ3n) is 4.42. The van der Waals surface area contributed by atoms with Gasteiger partial charge in [-0.25, -0.2) is 0 Å². The molecular formula is C23H32Se. The molecular weight excluding hydrogens is 355 g/mol. The zero-order valence-corrected chi connectivity index (χ0v) is 17.4. The molecule has 0 aromatic heterocycles. The van der Waals surface area contributed by atoms with Gasteiger partial charge in [0.15, 0.2) is 0 Å². The summed E-state index contributed by atoms with van der Waals surface area (Å²) >= 11 is -1.41. The molecule has 2 rings (SSSR count). The van der Waals surface area contributed by atoms with Crippen LogP contribution in [0.15, 0.2) is 82.5 Å². The second-order valence-corrected chi connectivity index (χ2v) is 16.1. The fourth-order valence-corrected chi connectivity index (χ4v) is 5.37. The Morgan fingerprint density at radius 3 is 2.46 bits per heavy atom. The predicted molar refractivity (Wildman–Crippen MR) is 112 cm³/mol. The van der Waals surface area contributed by atoms with Crippen molar-refractivity contribution in [2.24, 2.45) is 5.92 Å². The fourth-order valence-electron chi connectivity index (χ4n) is 3.06. The summed E-state index contributed by atoms with van der Waals surface area (Å²) in [4.78, 5) is 0. The minimum absolute atomic E-state index is 0.543. The molecule has 2 aliphatic carbocycles. The summed E-state index contributed by atoms with van der Waals surface area (Å²) in [5, 5.41) is 0. The van der Waals surface area contributed by atoms with Crippen LogP contribution >= 0.6 is 0 Å². The first-order valence-corrected chi connectivity index (χ1v) is 14.9. The number of rotatable bonds is 6. The van der Waals surface area contributed by atoms with Crippen molar-refractivity contribution in [3.63, 3.8) is 0 Å². The van der Waals surface area contributed by atoms with Gasteiger partial charge in [0.05, 0.1) is 0 Å². The van der Waals surface area contributed by atoms with Gasteiger partial charge in [0, 0.05) is 0 Å². The van der Waals surface area contributed by atoms with Gasteiger partial charge in [0.1, 0.15) is 0 Å². The van der Waals surface area contributed by atoms with Gasteiger partial charge in [0.2, 0.25) is 0 Å². The van der Waals surface area contributed by atoms with Crippen LogP contribution in [0.2, 0.25) is 17.5 Å². The molecule has 0 radical (unpaired) electrons. The van der Waals surface area contributed by atoms with E-state index in [4.69, 9.17) is 0 Å². The topological polar surface area (TPSA) is 0 Å². The summed E-state index contributed by atoms with van der Waals surface area (Å²) in [5.41, 5.74) is 4.08. The molecule has 0 aromatic rings. The Balaban J connectivity index is 1.93. The average Bonchev–Trinajstić information content (AvgIpc) is 2.73. The quantitative estimate of drug-likeness (QED) is 0.427. The van der Waals surface area contributed by atoms with E-state index in [2.05, 4.69) is 79.6 Å². The second-order valence-electron chi connectivity index (χ2n) is 7.38. The Kier molecular flexibility index (Phi) is 6.89. The molecule has 0 spiro atoms. The Bertz CT molecular complexity index is 642. The van der Waals surface area contributed by atoms with E-state index in [-0.39, 0.29) is 0 Å². The van der Waals surface area contributed by atoms with Crippen molar-refractivity contribution in [1.29, 1.82) is 0 Å². The monoisotopic (exact) mass is 388 g/mol. The Morgan fingerprint density at radius 2 is 1.79 bits per heavy atom. The third-order valence-corrected chi connectivity index (χ3v) is 7.96. The first-order valence-electron chi connectivity index (χ1n) is 8.89. The molecule has 0 saturated carbocycles. The predicted octanol–water partition coefficient (Wildman–Crippen LogP) is 7.09. The van der Waals surface area contributed by atoms with Crippen molar-refractivity contribution >= 4 is 12.8 Å². The van der Waals surface area contributed by atoms with Crippen LogP contribution in [0.1, 0.15) is 32.6 Å². The van der Waals surface area contributed by atoms with Crippen LogP contribution in [-0.2, 0) is 0 Å². The van der Waals surface area contributed by atoms with Gasteiger partial charge < -0.3 is 0 Å². The van der Waals surface area contributed by atoms with Crippen molar-refractivity contribution in [3.8, 4) is 0 Å². The SMILES string of the molecule is C=CC1=CCCC=C1/C=C\CCC1=CC(C)C=C([Se](C)(C)C)C=C1.